The van der Waals surface area contributed by atoms with Crippen LogP contribution in [0.1, 0.15) is 48.0 Å². The summed E-state index contributed by atoms with van der Waals surface area (Å²) in [6.45, 7) is 5.46. The van der Waals surface area contributed by atoms with Crippen molar-refractivity contribution >= 4 is 22.1 Å². The molecule has 0 saturated heterocycles. The number of hydrogen-bond donors (Lipinski definition) is 1. The van der Waals surface area contributed by atoms with Gasteiger partial charge < -0.3 is 5.11 Å². The van der Waals surface area contributed by atoms with Gasteiger partial charge in [-0.25, -0.2) is 9.59 Å². The minimum Gasteiger partial charge on any atom is -0.477 e. The minimum atomic E-state index is -1.10. The molecule has 0 aliphatic heterocycles. The van der Waals surface area contributed by atoms with Crippen LogP contribution >= 0.6 is 11.3 Å². The molecule has 0 saturated carbocycles. The zero-order valence-electron chi connectivity index (χ0n) is 11.5. The van der Waals surface area contributed by atoms with E-state index < -0.39 is 11.7 Å². The summed E-state index contributed by atoms with van der Waals surface area (Å²) in [4.78, 5) is 36.3. The van der Waals surface area contributed by atoms with E-state index in [1.165, 1.54) is 15.2 Å². The van der Waals surface area contributed by atoms with Crippen LogP contribution in [-0.2, 0) is 0 Å². The molecule has 0 fully saturated rings. The van der Waals surface area contributed by atoms with E-state index in [1.54, 1.807) is 6.92 Å². The smallest absolute Gasteiger partial charge is 0.347 e. The number of carbonyl (C=O) groups is 1. The van der Waals surface area contributed by atoms with Crippen LogP contribution in [0.5, 0.6) is 0 Å². The number of carboxylic acid groups (broad SMARTS) is 1. The van der Waals surface area contributed by atoms with Crippen LogP contribution in [0.15, 0.2) is 15.8 Å². The fourth-order valence-corrected chi connectivity index (χ4v) is 3.23. The van der Waals surface area contributed by atoms with Crippen molar-refractivity contribution in [3.05, 3.63) is 37.5 Å². The molecule has 1 N–H and O–H groups in total. The van der Waals surface area contributed by atoms with E-state index in [1.807, 2.05) is 13.8 Å². The first kappa shape index (κ1) is 14.5. The Balaban J connectivity index is 2.89. The monoisotopic (exact) mass is 296 g/mol. The second kappa shape index (κ2) is 5.24. The highest BCUT2D eigenvalue weighted by atomic mass is 32.1. The first-order valence-corrected chi connectivity index (χ1v) is 7.24. The van der Waals surface area contributed by atoms with Crippen LogP contribution in [0.4, 0.5) is 0 Å². The lowest BCUT2D eigenvalue weighted by atomic mass is 10.1. The van der Waals surface area contributed by atoms with Gasteiger partial charge in [-0.2, -0.15) is 0 Å². The third-order valence-corrected chi connectivity index (χ3v) is 4.66. The number of aromatic nitrogens is 2. The third kappa shape index (κ3) is 2.07. The van der Waals surface area contributed by atoms with Crippen molar-refractivity contribution in [1.82, 2.24) is 8.97 Å². The van der Waals surface area contributed by atoms with Crippen molar-refractivity contribution in [1.29, 1.82) is 0 Å². The molecule has 2 rings (SSSR count). The lowest BCUT2D eigenvalue weighted by Gasteiger charge is -2.16. The highest BCUT2D eigenvalue weighted by Gasteiger charge is 2.20. The number of aryl methyl sites for hydroxylation is 1. The maximum atomic E-state index is 12.4. The molecule has 7 heteroatoms. The van der Waals surface area contributed by atoms with Crippen LogP contribution in [0.3, 0.4) is 0 Å². The van der Waals surface area contributed by atoms with E-state index in [0.29, 0.717) is 23.2 Å². The van der Waals surface area contributed by atoms with Gasteiger partial charge in [-0.3, -0.25) is 13.8 Å². The summed E-state index contributed by atoms with van der Waals surface area (Å²) in [6, 6.07) is -0.168. The Kier molecular flexibility index (Phi) is 3.80. The summed E-state index contributed by atoms with van der Waals surface area (Å²) in [7, 11) is 0. The largest absolute Gasteiger partial charge is 0.477 e. The second-order valence-electron chi connectivity index (χ2n) is 4.63. The quantitative estimate of drug-likeness (QED) is 0.934. The second-order valence-corrected chi connectivity index (χ2v) is 5.66. The molecule has 0 aromatic carbocycles. The Bertz CT molecular complexity index is 780. The predicted octanol–water partition coefficient (Wildman–Crippen LogP) is 1.89. The normalized spacial score (nSPS) is 11.4. The number of nitrogens with zero attached hydrogens (tertiary/aromatic N) is 2. The Hall–Kier alpha value is -1.89. The highest BCUT2D eigenvalue weighted by molar-refractivity contribution is 7.19. The number of rotatable bonds is 4. The van der Waals surface area contributed by atoms with Gasteiger partial charge in [-0.15, -0.1) is 11.3 Å². The van der Waals surface area contributed by atoms with Crippen molar-refractivity contribution in [2.24, 2.45) is 0 Å². The number of aromatic carboxylic acids is 1. The summed E-state index contributed by atoms with van der Waals surface area (Å²) in [5.74, 6) is -1.10. The molecule has 2 aromatic rings. The summed E-state index contributed by atoms with van der Waals surface area (Å²) >= 11 is 0.946. The molecule has 0 amide bonds. The summed E-state index contributed by atoms with van der Waals surface area (Å²) < 4.78 is 2.50. The van der Waals surface area contributed by atoms with Gasteiger partial charge in [0, 0.05) is 17.8 Å². The van der Waals surface area contributed by atoms with Crippen molar-refractivity contribution in [2.75, 3.05) is 0 Å². The lowest BCUT2D eigenvalue weighted by molar-refractivity contribution is 0.0701. The number of fused-ring (bicyclic) bond motifs is 1. The van der Waals surface area contributed by atoms with Crippen LogP contribution in [0, 0.1) is 6.92 Å². The van der Waals surface area contributed by atoms with Gasteiger partial charge in [-0.1, -0.05) is 13.8 Å². The van der Waals surface area contributed by atoms with Crippen molar-refractivity contribution in [2.45, 2.75) is 39.7 Å². The molecule has 2 heterocycles. The fourth-order valence-electron chi connectivity index (χ4n) is 2.30. The van der Waals surface area contributed by atoms with Gasteiger partial charge in [0.25, 0.3) is 5.56 Å². The first-order valence-electron chi connectivity index (χ1n) is 6.42. The Labute approximate surface area is 118 Å². The van der Waals surface area contributed by atoms with Gasteiger partial charge in [0.15, 0.2) is 0 Å². The number of carboxylic acids is 1. The fraction of sp³-hybridized carbons (Fsp3) is 0.462. The maximum absolute atomic E-state index is 12.4. The molecule has 0 aliphatic rings. The summed E-state index contributed by atoms with van der Waals surface area (Å²) in [5, 5.41) is 9.02. The van der Waals surface area contributed by atoms with Crippen LogP contribution in [-0.4, -0.2) is 20.0 Å². The Morgan fingerprint density at radius 1 is 1.35 bits per heavy atom. The van der Waals surface area contributed by atoms with Gasteiger partial charge in [0.1, 0.15) is 9.71 Å². The standard InChI is InChI=1S/C13H16N2O4S/c1-4-8(5-2)15-10(16)7(3)11-14(13(15)19)6-9(20-11)12(17)18/h6,8H,4-5H2,1-3H3,(H,17,18). The van der Waals surface area contributed by atoms with E-state index >= 15 is 0 Å². The molecule has 108 valence electrons. The van der Waals surface area contributed by atoms with Crippen LogP contribution in [0.25, 0.3) is 4.83 Å². The topological polar surface area (TPSA) is 80.8 Å². The Morgan fingerprint density at radius 2 is 1.95 bits per heavy atom. The maximum Gasteiger partial charge on any atom is 0.347 e. The third-order valence-electron chi connectivity index (χ3n) is 3.46. The molecule has 2 aromatic heterocycles. The van der Waals surface area contributed by atoms with Crippen molar-refractivity contribution in [3.8, 4) is 0 Å². The van der Waals surface area contributed by atoms with Crippen LogP contribution < -0.4 is 11.2 Å². The average molecular weight is 296 g/mol. The Morgan fingerprint density at radius 3 is 2.45 bits per heavy atom. The molecule has 0 bridgehead atoms. The molecular formula is C13H16N2O4S. The SMILES string of the molecule is CCC(CC)n1c(=O)c(C)c2sc(C(=O)O)cn2c1=O. The van der Waals surface area contributed by atoms with E-state index in [2.05, 4.69) is 0 Å². The minimum absolute atomic E-state index is 0.0481. The van der Waals surface area contributed by atoms with E-state index in [9.17, 15) is 14.4 Å². The average Bonchev–Trinajstić information content (AvgIpc) is 2.87. The van der Waals surface area contributed by atoms with E-state index in [-0.39, 0.29) is 16.5 Å². The predicted molar refractivity (Wildman–Crippen MR) is 77.1 cm³/mol. The first-order chi connectivity index (χ1) is 9.42. The lowest BCUT2D eigenvalue weighted by Crippen LogP contribution is -2.40. The van der Waals surface area contributed by atoms with Crippen LogP contribution in [0.2, 0.25) is 0 Å². The molecular weight excluding hydrogens is 280 g/mol. The highest BCUT2D eigenvalue weighted by Crippen LogP contribution is 2.19. The number of thiazole rings is 1. The molecule has 20 heavy (non-hydrogen) atoms. The molecule has 0 atom stereocenters. The molecule has 0 aliphatic carbocycles. The van der Waals surface area contributed by atoms with E-state index in [4.69, 9.17) is 5.11 Å². The van der Waals surface area contributed by atoms with Gasteiger partial charge in [-0.05, 0) is 19.8 Å². The van der Waals surface area contributed by atoms with Gasteiger partial charge >= 0.3 is 11.7 Å². The van der Waals surface area contributed by atoms with Crippen molar-refractivity contribution < 1.29 is 9.90 Å². The molecule has 0 radical (unpaired) electrons. The zero-order valence-corrected chi connectivity index (χ0v) is 12.4. The molecule has 6 nitrogen and oxygen atoms in total. The van der Waals surface area contributed by atoms with Crippen molar-refractivity contribution in [3.63, 3.8) is 0 Å². The summed E-state index contributed by atoms with van der Waals surface area (Å²) in [5.41, 5.74) is -0.385. The van der Waals surface area contributed by atoms with Gasteiger partial charge in [0.2, 0.25) is 0 Å². The van der Waals surface area contributed by atoms with Gasteiger partial charge in [0.05, 0.1) is 0 Å². The number of hydrogen-bond acceptors (Lipinski definition) is 4. The zero-order chi connectivity index (χ0) is 15.0. The molecule has 0 spiro atoms. The summed E-state index contributed by atoms with van der Waals surface area (Å²) in [6.07, 6.45) is 2.64. The molecule has 0 unspecified atom stereocenters. The van der Waals surface area contributed by atoms with E-state index in [0.717, 1.165) is 11.3 Å².